The van der Waals surface area contributed by atoms with Gasteiger partial charge in [-0.3, -0.25) is 4.79 Å². The number of sulfone groups is 2. The fourth-order valence-electron chi connectivity index (χ4n) is 5.94. The van der Waals surface area contributed by atoms with E-state index in [4.69, 9.17) is 28.4 Å². The molecule has 0 atom stereocenters. The Bertz CT molecular complexity index is 2260. The van der Waals surface area contributed by atoms with Crippen molar-refractivity contribution in [3.63, 3.8) is 0 Å². The van der Waals surface area contributed by atoms with Gasteiger partial charge in [-0.05, 0) is 49.5 Å². The third-order valence-corrected chi connectivity index (χ3v) is 12.0. The van der Waals surface area contributed by atoms with Crippen molar-refractivity contribution in [2.45, 2.75) is 37.5 Å². The van der Waals surface area contributed by atoms with E-state index in [9.17, 15) is 26.4 Å². The van der Waals surface area contributed by atoms with E-state index in [0.717, 1.165) is 36.0 Å². The molecule has 0 spiro atoms. The number of aromatic nitrogens is 4. The molecule has 0 radical (unpaired) electrons. The minimum Gasteiger partial charge on any atom is -0.489 e. The molecule has 0 saturated heterocycles. The second-order valence-corrected chi connectivity index (χ2v) is 18.9. The van der Waals surface area contributed by atoms with Crippen LogP contribution in [0.2, 0.25) is 0 Å². The van der Waals surface area contributed by atoms with Gasteiger partial charge in [0.2, 0.25) is 11.8 Å². The number of rotatable bonds is 18. The van der Waals surface area contributed by atoms with Gasteiger partial charge in [0.05, 0.1) is 36.7 Å². The van der Waals surface area contributed by atoms with Crippen molar-refractivity contribution in [1.82, 2.24) is 19.6 Å². The van der Waals surface area contributed by atoms with E-state index in [1.54, 1.807) is 13.8 Å². The smallest absolute Gasteiger partial charge is 0.374 e. The zero-order valence-corrected chi connectivity index (χ0v) is 37.0. The maximum absolute atomic E-state index is 15.2. The largest absolute Gasteiger partial charge is 0.489 e. The lowest BCUT2D eigenvalue weighted by Crippen LogP contribution is -2.17. The van der Waals surface area contributed by atoms with E-state index in [1.165, 1.54) is 76.1 Å². The molecule has 0 fully saturated rings. The van der Waals surface area contributed by atoms with Crippen LogP contribution in [0.5, 0.6) is 23.3 Å². The Kier molecular flexibility index (Phi) is 15.6. The Morgan fingerprint density at radius 1 is 0.638 bits per heavy atom. The van der Waals surface area contributed by atoms with Crippen molar-refractivity contribution < 1.29 is 59.6 Å². The average Bonchev–Trinajstić information content (AvgIpc) is 3.68. The molecule has 2 aromatic carbocycles. The maximum atomic E-state index is 15.2. The highest BCUT2D eigenvalue weighted by Crippen LogP contribution is 2.46. The van der Waals surface area contributed by atoms with Crippen molar-refractivity contribution in [3.8, 4) is 45.5 Å². The van der Waals surface area contributed by atoms with Crippen molar-refractivity contribution >= 4 is 59.6 Å². The lowest BCUT2D eigenvalue weighted by Gasteiger charge is -2.22. The summed E-state index contributed by atoms with van der Waals surface area (Å²) in [6.07, 6.45) is 4.57. The number of ether oxygens (including phenoxy) is 6. The summed E-state index contributed by atoms with van der Waals surface area (Å²) < 4.78 is 90.9. The summed E-state index contributed by atoms with van der Waals surface area (Å²) in [5.74, 6) is -0.407. The molecule has 4 aromatic rings. The second kappa shape index (κ2) is 19.6. The molecule has 17 nitrogen and oxygen atoms in total. The molecule has 0 unspecified atom stereocenters. The lowest BCUT2D eigenvalue weighted by molar-refractivity contribution is 0.103. The number of hydrogen-bond donors (Lipinski definition) is 0. The molecule has 0 aliphatic rings. The molecule has 0 N–H and O–H groups in total. The molecule has 316 valence electrons. The van der Waals surface area contributed by atoms with E-state index < -0.39 is 36.1 Å². The summed E-state index contributed by atoms with van der Waals surface area (Å²) in [6.45, 7) is 6.45. The van der Waals surface area contributed by atoms with Crippen LogP contribution in [0.3, 0.4) is 0 Å². The van der Waals surface area contributed by atoms with E-state index in [-0.39, 0.29) is 104 Å². The van der Waals surface area contributed by atoms with Gasteiger partial charge < -0.3 is 28.4 Å². The SMILES string of the molecule is CCSC(=O)Oc1c(-c2cc(C(=O)c3cc(-c4cnn(C)c4OC(=O)SCC)c(S(C)(=O)=O)c(OCCOC)c3C)c(C)c(OCCOC)c2S(C)(=O)=O)cnn1C. The summed E-state index contributed by atoms with van der Waals surface area (Å²) in [5.41, 5.74) is 0.156. The van der Waals surface area contributed by atoms with Crippen LogP contribution in [0.25, 0.3) is 22.3 Å². The molecule has 0 aliphatic carbocycles. The summed E-state index contributed by atoms with van der Waals surface area (Å²) in [6, 6.07) is 2.68. The topological polar surface area (TPSA) is 211 Å². The summed E-state index contributed by atoms with van der Waals surface area (Å²) in [5, 5.41) is 7.12. The van der Waals surface area contributed by atoms with Gasteiger partial charge >= 0.3 is 10.6 Å². The molecule has 0 bridgehead atoms. The van der Waals surface area contributed by atoms with E-state index in [2.05, 4.69) is 10.2 Å². The van der Waals surface area contributed by atoms with Crippen molar-refractivity contribution in [2.75, 3.05) is 64.7 Å². The normalized spacial score (nSPS) is 11.8. The van der Waals surface area contributed by atoms with Gasteiger partial charge in [0.25, 0.3) is 0 Å². The van der Waals surface area contributed by atoms with Crippen molar-refractivity contribution in [2.24, 2.45) is 14.1 Å². The number of hydrogen-bond acceptors (Lipinski definition) is 17. The predicted octanol–water partition coefficient (Wildman–Crippen LogP) is 5.70. The third kappa shape index (κ3) is 10.2. The van der Waals surface area contributed by atoms with Crippen LogP contribution in [0, 0.1) is 13.8 Å². The molecular weight excluding hydrogens is 837 g/mol. The van der Waals surface area contributed by atoms with Crippen LogP contribution in [-0.2, 0) is 43.2 Å². The first-order valence-electron chi connectivity index (χ1n) is 17.6. The Hall–Kier alpha value is -4.41. The fourth-order valence-corrected chi connectivity index (χ4v) is 8.92. The number of benzene rings is 2. The first kappa shape index (κ1) is 46.3. The summed E-state index contributed by atoms with van der Waals surface area (Å²) in [4.78, 5) is 40.0. The zero-order valence-electron chi connectivity index (χ0n) is 33.8. The van der Waals surface area contributed by atoms with Gasteiger partial charge in [-0.15, -0.1) is 0 Å². The van der Waals surface area contributed by atoms with Crippen LogP contribution in [0.1, 0.15) is 40.9 Å². The van der Waals surface area contributed by atoms with Crippen LogP contribution in [0.15, 0.2) is 34.3 Å². The summed E-state index contributed by atoms with van der Waals surface area (Å²) in [7, 11) is -2.41. The van der Waals surface area contributed by atoms with E-state index in [1.807, 2.05) is 0 Å². The summed E-state index contributed by atoms with van der Waals surface area (Å²) >= 11 is 1.77. The van der Waals surface area contributed by atoms with Gasteiger partial charge in [0, 0.05) is 85.7 Å². The number of methoxy groups -OCH3 is 2. The third-order valence-electron chi connectivity index (χ3n) is 8.50. The van der Waals surface area contributed by atoms with Crippen molar-refractivity contribution in [1.29, 1.82) is 0 Å². The number of carbonyl (C=O) groups is 3. The van der Waals surface area contributed by atoms with E-state index >= 15 is 4.79 Å². The molecular formula is C37H46N4O13S4. The Labute approximate surface area is 345 Å². The minimum atomic E-state index is -4.15. The molecule has 2 aromatic heterocycles. The van der Waals surface area contributed by atoms with Gasteiger partial charge in [0.15, 0.2) is 25.5 Å². The van der Waals surface area contributed by atoms with Crippen LogP contribution < -0.4 is 18.9 Å². The average molecular weight is 883 g/mol. The van der Waals surface area contributed by atoms with Gasteiger partial charge in [-0.25, -0.2) is 35.8 Å². The monoisotopic (exact) mass is 882 g/mol. The van der Waals surface area contributed by atoms with Crippen LogP contribution in [0.4, 0.5) is 9.59 Å². The number of nitrogens with zero attached hydrogens (tertiary/aromatic N) is 4. The highest BCUT2D eigenvalue weighted by Gasteiger charge is 2.34. The fraction of sp³-hybridized carbons (Fsp3) is 0.432. The standard InChI is InChI=1S/C37H46N4O13S4/c1-11-55-36(43)53-34-27(19-38-40(34)5)25-17-23(21(3)30(51-15-13-49-7)32(25)57(9,45)46)29(42)24-18-26(28-20-39-41(6)35(28)54-37(44)56-12-2)33(58(10,47)48)31(22(24)4)52-16-14-50-8/h17-20H,11-16H2,1-10H3. The maximum Gasteiger partial charge on any atom is 0.374 e. The molecule has 2 heterocycles. The highest BCUT2D eigenvalue weighted by atomic mass is 32.2. The number of ketones is 1. The number of thioether (sulfide) groups is 2. The Morgan fingerprint density at radius 3 is 1.31 bits per heavy atom. The molecule has 0 aliphatic heterocycles. The first-order valence-corrected chi connectivity index (χ1v) is 23.3. The lowest BCUT2D eigenvalue weighted by atomic mass is 9.90. The minimum absolute atomic E-state index is 0.0555. The second-order valence-electron chi connectivity index (χ2n) is 12.6. The Morgan fingerprint density at radius 2 is 1.00 bits per heavy atom. The first-order chi connectivity index (χ1) is 27.3. The molecule has 4 rings (SSSR count). The van der Waals surface area contributed by atoms with Crippen LogP contribution >= 0.6 is 23.5 Å². The molecule has 0 saturated carbocycles. The number of aryl methyl sites for hydroxylation is 2. The van der Waals surface area contributed by atoms with E-state index in [0.29, 0.717) is 11.5 Å². The Balaban J connectivity index is 2.16. The van der Waals surface area contributed by atoms with Gasteiger partial charge in [0.1, 0.15) is 34.5 Å². The van der Waals surface area contributed by atoms with Gasteiger partial charge in [-0.1, -0.05) is 13.8 Å². The van der Waals surface area contributed by atoms with Crippen LogP contribution in [-0.4, -0.2) is 117 Å². The van der Waals surface area contributed by atoms with Crippen molar-refractivity contribution in [3.05, 3.63) is 46.8 Å². The number of carbonyl (C=O) groups excluding carboxylic acids is 3. The molecule has 58 heavy (non-hydrogen) atoms. The molecule has 21 heteroatoms. The zero-order chi connectivity index (χ0) is 43.1. The quantitative estimate of drug-likeness (QED) is 0.0667. The highest BCUT2D eigenvalue weighted by molar-refractivity contribution is 8.13. The van der Waals surface area contributed by atoms with Gasteiger partial charge in [-0.2, -0.15) is 10.2 Å². The predicted molar refractivity (Wildman–Crippen MR) is 219 cm³/mol. The molecule has 0 amide bonds.